The second-order valence-electron chi connectivity index (χ2n) is 9.02. The van der Waals surface area contributed by atoms with Gasteiger partial charge in [-0.25, -0.2) is 13.1 Å². The molecule has 0 heterocycles. The first-order chi connectivity index (χ1) is 16.7. The van der Waals surface area contributed by atoms with E-state index >= 15 is 0 Å². The van der Waals surface area contributed by atoms with E-state index in [1.54, 1.807) is 32.4 Å². The molecule has 0 bridgehead atoms. The van der Waals surface area contributed by atoms with Gasteiger partial charge in [0.2, 0.25) is 10.0 Å². The third-order valence-corrected chi connectivity index (χ3v) is 7.46. The van der Waals surface area contributed by atoms with Gasteiger partial charge in [-0.2, -0.15) is 0 Å². The maximum absolute atomic E-state index is 12.4. The van der Waals surface area contributed by atoms with E-state index in [-0.39, 0.29) is 29.8 Å². The molecule has 3 atom stereocenters. The summed E-state index contributed by atoms with van der Waals surface area (Å²) in [5.41, 5.74) is 7.39. The molecule has 0 aliphatic heterocycles. The largest absolute Gasteiger partial charge is 0.493 e. The van der Waals surface area contributed by atoms with E-state index in [1.165, 1.54) is 12.1 Å². The van der Waals surface area contributed by atoms with Crippen molar-refractivity contribution in [2.24, 2.45) is 17.6 Å². The molecule has 0 unspecified atom stereocenters. The number of hydrogen-bond donors (Lipinski definition) is 3. The number of methoxy groups -OCH3 is 2. The smallest absolute Gasteiger partial charge is 0.240 e. The number of aliphatic hydroxyl groups is 1. The highest BCUT2D eigenvalue weighted by Gasteiger charge is 2.25. The van der Waals surface area contributed by atoms with Crippen molar-refractivity contribution in [1.29, 1.82) is 0 Å². The lowest BCUT2D eigenvalue weighted by Gasteiger charge is -2.27. The standard InChI is InChI=1S/C26H40N2O6S.ClH/c1-19(2)21(15-20-11-12-25(33-4)26(16-20)34-14-8-13-32-3)17-23(27)24(29)18-28-35(30,31)22-9-6-5-7-10-22;/h5-7,9-12,16,19,21,23-24,28-29H,8,13-15,17-18,27H2,1-4H3;1H/t21-,23-,24-;/m0./s1. The number of sulfonamides is 1. The van der Waals surface area contributed by atoms with Crippen molar-refractivity contribution in [1.82, 2.24) is 4.72 Å². The van der Waals surface area contributed by atoms with Crippen LogP contribution in [0.1, 0.15) is 32.3 Å². The number of halogens is 1. The molecule has 0 aliphatic rings. The number of benzene rings is 2. The van der Waals surface area contributed by atoms with E-state index in [1.807, 2.05) is 18.2 Å². The van der Waals surface area contributed by atoms with Crippen molar-refractivity contribution in [3.05, 3.63) is 54.1 Å². The zero-order valence-corrected chi connectivity index (χ0v) is 23.2. The first-order valence-electron chi connectivity index (χ1n) is 11.9. The first-order valence-corrected chi connectivity index (χ1v) is 13.4. The van der Waals surface area contributed by atoms with Crippen molar-refractivity contribution in [2.45, 2.75) is 50.2 Å². The second kappa shape index (κ2) is 16.1. The Labute approximate surface area is 222 Å². The molecule has 0 aliphatic carbocycles. The van der Waals surface area contributed by atoms with Crippen LogP contribution in [0, 0.1) is 11.8 Å². The maximum Gasteiger partial charge on any atom is 0.240 e. The fourth-order valence-electron chi connectivity index (χ4n) is 3.78. The Morgan fingerprint density at radius 1 is 1.03 bits per heavy atom. The Bertz CT molecular complexity index is 991. The van der Waals surface area contributed by atoms with Crippen LogP contribution in [-0.4, -0.2) is 59.6 Å². The van der Waals surface area contributed by atoms with Gasteiger partial charge in [-0.05, 0) is 54.5 Å². The summed E-state index contributed by atoms with van der Waals surface area (Å²) in [7, 11) is -0.433. The molecule has 0 radical (unpaired) electrons. The van der Waals surface area contributed by atoms with Crippen molar-refractivity contribution in [3.8, 4) is 11.5 Å². The van der Waals surface area contributed by atoms with Crippen molar-refractivity contribution in [3.63, 3.8) is 0 Å². The SMILES string of the molecule is COCCCOc1cc(C[C@@H](C[C@H](N)[C@@H](O)CNS(=O)(=O)c2ccccc2)C(C)C)ccc1OC.Cl. The summed E-state index contributed by atoms with van der Waals surface area (Å²) in [4.78, 5) is 0.153. The molecule has 10 heteroatoms. The quantitative estimate of drug-likeness (QED) is 0.277. The zero-order valence-electron chi connectivity index (χ0n) is 21.6. The van der Waals surface area contributed by atoms with Gasteiger partial charge in [0.15, 0.2) is 11.5 Å². The minimum Gasteiger partial charge on any atom is -0.493 e. The molecule has 0 fully saturated rings. The van der Waals surface area contributed by atoms with Crippen molar-refractivity contribution >= 4 is 22.4 Å². The summed E-state index contributed by atoms with van der Waals surface area (Å²) in [5, 5.41) is 10.6. The van der Waals surface area contributed by atoms with E-state index < -0.39 is 22.2 Å². The lowest BCUT2D eigenvalue weighted by molar-refractivity contribution is 0.129. The Morgan fingerprint density at radius 3 is 2.33 bits per heavy atom. The number of ether oxygens (including phenoxy) is 3. The average Bonchev–Trinajstić information content (AvgIpc) is 2.85. The minimum absolute atomic E-state index is 0. The molecule has 0 amide bonds. The maximum atomic E-state index is 12.4. The van der Waals surface area contributed by atoms with Crippen molar-refractivity contribution < 1.29 is 27.7 Å². The highest BCUT2D eigenvalue weighted by Crippen LogP contribution is 2.31. The van der Waals surface area contributed by atoms with E-state index in [2.05, 4.69) is 18.6 Å². The molecule has 4 N–H and O–H groups in total. The van der Waals surface area contributed by atoms with Crippen molar-refractivity contribution in [2.75, 3.05) is 34.0 Å². The van der Waals surface area contributed by atoms with Gasteiger partial charge in [0.05, 0.1) is 24.7 Å². The summed E-state index contributed by atoms with van der Waals surface area (Å²) in [6.07, 6.45) is 1.05. The molecule has 0 saturated carbocycles. The van der Waals surface area contributed by atoms with E-state index in [4.69, 9.17) is 19.9 Å². The highest BCUT2D eigenvalue weighted by atomic mass is 35.5. The molecule has 0 saturated heterocycles. The molecular formula is C26H41ClN2O6S. The van der Waals surface area contributed by atoms with Gasteiger partial charge in [-0.1, -0.05) is 38.1 Å². The minimum atomic E-state index is -3.70. The van der Waals surface area contributed by atoms with Gasteiger partial charge in [-0.3, -0.25) is 0 Å². The molecule has 2 aromatic carbocycles. The normalized spacial score (nSPS) is 14.1. The Morgan fingerprint density at radius 2 is 1.72 bits per heavy atom. The van der Waals surface area contributed by atoms with Crippen LogP contribution in [0.5, 0.6) is 11.5 Å². The van der Waals surface area contributed by atoms with E-state index in [0.29, 0.717) is 37.1 Å². The molecule has 2 rings (SSSR count). The van der Waals surface area contributed by atoms with Gasteiger partial charge in [0.1, 0.15) is 0 Å². The van der Waals surface area contributed by atoms with Gasteiger partial charge in [-0.15, -0.1) is 12.4 Å². The predicted octanol–water partition coefficient (Wildman–Crippen LogP) is 3.40. The second-order valence-corrected chi connectivity index (χ2v) is 10.8. The summed E-state index contributed by atoms with van der Waals surface area (Å²) in [6.45, 7) is 5.24. The number of aliphatic hydroxyl groups excluding tert-OH is 1. The molecule has 2 aromatic rings. The topological polar surface area (TPSA) is 120 Å². The summed E-state index contributed by atoms with van der Waals surface area (Å²) in [5.74, 6) is 1.84. The molecule has 0 aromatic heterocycles. The van der Waals surface area contributed by atoms with Gasteiger partial charge < -0.3 is 25.1 Å². The van der Waals surface area contributed by atoms with Crippen LogP contribution >= 0.6 is 12.4 Å². The lowest BCUT2D eigenvalue weighted by Crippen LogP contribution is -2.44. The molecule has 36 heavy (non-hydrogen) atoms. The van der Waals surface area contributed by atoms with Gasteiger partial charge in [0, 0.05) is 32.7 Å². The van der Waals surface area contributed by atoms with Crippen LogP contribution in [0.15, 0.2) is 53.4 Å². The third-order valence-electron chi connectivity index (χ3n) is 6.02. The summed E-state index contributed by atoms with van der Waals surface area (Å²) in [6, 6.07) is 13.4. The summed E-state index contributed by atoms with van der Waals surface area (Å²) >= 11 is 0. The third kappa shape index (κ3) is 10.2. The summed E-state index contributed by atoms with van der Waals surface area (Å²) < 4.78 is 43.7. The molecular weight excluding hydrogens is 504 g/mol. The molecule has 204 valence electrons. The lowest BCUT2D eigenvalue weighted by atomic mass is 9.83. The van der Waals surface area contributed by atoms with Crippen LogP contribution in [0.4, 0.5) is 0 Å². The predicted molar refractivity (Wildman–Crippen MR) is 144 cm³/mol. The molecule has 8 nitrogen and oxygen atoms in total. The van der Waals surface area contributed by atoms with E-state index in [0.717, 1.165) is 18.4 Å². The van der Waals surface area contributed by atoms with Crippen LogP contribution in [0.3, 0.4) is 0 Å². The Hall–Kier alpha value is -1.88. The zero-order chi connectivity index (χ0) is 25.8. The number of rotatable bonds is 16. The average molecular weight is 545 g/mol. The van der Waals surface area contributed by atoms with Crippen LogP contribution in [-0.2, 0) is 21.2 Å². The Balaban J connectivity index is 0.00000648. The van der Waals surface area contributed by atoms with Gasteiger partial charge in [0.25, 0.3) is 0 Å². The Kier molecular flexibility index (Phi) is 14.3. The highest BCUT2D eigenvalue weighted by molar-refractivity contribution is 7.89. The monoisotopic (exact) mass is 544 g/mol. The number of nitrogens with one attached hydrogen (secondary N) is 1. The number of hydrogen-bond acceptors (Lipinski definition) is 7. The van der Waals surface area contributed by atoms with E-state index in [9.17, 15) is 13.5 Å². The van der Waals surface area contributed by atoms with Gasteiger partial charge >= 0.3 is 0 Å². The fraction of sp³-hybridized carbons (Fsp3) is 0.538. The number of nitrogens with two attached hydrogens (primary N) is 1. The van der Waals surface area contributed by atoms with Crippen LogP contribution in [0.25, 0.3) is 0 Å². The van der Waals surface area contributed by atoms with Crippen LogP contribution in [0.2, 0.25) is 0 Å². The first kappa shape index (κ1) is 32.1. The molecule has 0 spiro atoms. The van der Waals surface area contributed by atoms with Crippen LogP contribution < -0.4 is 19.9 Å². The fourth-order valence-corrected chi connectivity index (χ4v) is 4.85.